The number of ether oxygens (including phenoxy) is 2. The van der Waals surface area contributed by atoms with Gasteiger partial charge >= 0.3 is 0 Å². The summed E-state index contributed by atoms with van der Waals surface area (Å²) in [5.41, 5.74) is -0.0329. The molecule has 9 atom stereocenters. The van der Waals surface area contributed by atoms with Gasteiger partial charge in [0.15, 0.2) is 27.8 Å². The van der Waals surface area contributed by atoms with E-state index in [4.69, 9.17) is 9.47 Å². The maximum Gasteiger partial charge on any atom is 0.178 e. The molecule has 7 unspecified atom stereocenters. The average Bonchev–Trinajstić information content (AvgIpc) is 3.57. The van der Waals surface area contributed by atoms with Gasteiger partial charge in [0, 0.05) is 22.9 Å². The predicted octanol–water partition coefficient (Wildman–Crippen LogP) is 5.52. The summed E-state index contributed by atoms with van der Waals surface area (Å²) in [7, 11) is 0. The molecule has 2 aromatic rings. The summed E-state index contributed by atoms with van der Waals surface area (Å²) in [6.07, 6.45) is 10.5. The molecule has 1 N–H and O–H groups in total. The lowest BCUT2D eigenvalue weighted by Gasteiger charge is -2.59. The number of pyridine rings is 1. The molecule has 0 aromatic carbocycles. The van der Waals surface area contributed by atoms with E-state index in [-0.39, 0.29) is 46.6 Å². The minimum atomic E-state index is -1.10. The van der Waals surface area contributed by atoms with E-state index in [2.05, 4.69) is 30.7 Å². The number of aliphatic hydroxyl groups is 1. The van der Waals surface area contributed by atoms with Gasteiger partial charge in [0.05, 0.1) is 18.0 Å². The topological polar surface area (TPSA) is 98.6 Å². The molecule has 0 amide bonds. The Morgan fingerprint density at radius 1 is 1.32 bits per heavy atom. The number of aromatic nitrogens is 2. The molecule has 3 saturated carbocycles. The zero-order chi connectivity index (χ0) is 27.9. The monoisotopic (exact) mass is 580 g/mol. The molecule has 212 valence electrons. The summed E-state index contributed by atoms with van der Waals surface area (Å²) in [4.78, 5) is 36.6. The largest absolute Gasteiger partial charge is 0.393 e. The smallest absolute Gasteiger partial charge is 0.178 e. The van der Waals surface area contributed by atoms with Crippen molar-refractivity contribution in [3.8, 4) is 0 Å². The number of thiazole rings is 1. The molecular formula is C31H36N2O5S2. The van der Waals surface area contributed by atoms with Gasteiger partial charge in [-0.15, -0.1) is 0 Å². The average molecular weight is 581 g/mol. The van der Waals surface area contributed by atoms with E-state index in [1.807, 2.05) is 18.2 Å². The molecule has 0 bridgehead atoms. The van der Waals surface area contributed by atoms with Crippen LogP contribution in [0.4, 0.5) is 0 Å². The number of carbonyl (C=O) groups is 2. The van der Waals surface area contributed by atoms with Gasteiger partial charge in [0.25, 0.3) is 0 Å². The molecule has 0 radical (unpaired) electrons. The number of rotatable bonds is 6. The van der Waals surface area contributed by atoms with Gasteiger partial charge in [-0.25, -0.2) is 9.97 Å². The third-order valence-corrected chi connectivity index (χ3v) is 12.8. The Kier molecular flexibility index (Phi) is 6.44. The van der Waals surface area contributed by atoms with Crippen LogP contribution in [0.25, 0.3) is 10.3 Å². The lowest BCUT2D eigenvalue weighted by Crippen LogP contribution is -2.63. The van der Waals surface area contributed by atoms with Gasteiger partial charge in [-0.1, -0.05) is 61.9 Å². The molecule has 9 heteroatoms. The second-order valence-corrected chi connectivity index (χ2v) is 14.9. The van der Waals surface area contributed by atoms with Crippen LogP contribution in [-0.4, -0.2) is 56.5 Å². The fraction of sp³-hybridized carbons (Fsp3) is 0.613. The van der Waals surface area contributed by atoms with Crippen molar-refractivity contribution in [2.24, 2.45) is 28.6 Å². The van der Waals surface area contributed by atoms with Crippen molar-refractivity contribution in [3.05, 3.63) is 42.1 Å². The Bertz CT molecular complexity index is 1400. The first-order valence-corrected chi connectivity index (χ1v) is 16.3. The highest BCUT2D eigenvalue weighted by molar-refractivity contribution is 8.01. The molecule has 1 aliphatic heterocycles. The molecule has 7 nitrogen and oxygen atoms in total. The second-order valence-electron chi connectivity index (χ2n) is 12.7. The van der Waals surface area contributed by atoms with Crippen molar-refractivity contribution in [2.45, 2.75) is 87.7 Å². The van der Waals surface area contributed by atoms with Crippen molar-refractivity contribution in [1.29, 1.82) is 0 Å². The lowest BCUT2D eigenvalue weighted by molar-refractivity contribution is -0.197. The van der Waals surface area contributed by atoms with Crippen molar-refractivity contribution in [2.75, 3.05) is 5.75 Å². The normalized spacial score (nSPS) is 41.8. The predicted molar refractivity (Wildman–Crippen MR) is 154 cm³/mol. The van der Waals surface area contributed by atoms with E-state index >= 15 is 0 Å². The third-order valence-electron chi connectivity index (χ3n) is 10.7. The number of aliphatic hydroxyl groups excluding tert-OH is 1. The molecule has 7 rings (SSSR count). The molecule has 1 saturated heterocycles. The highest BCUT2D eigenvalue weighted by Crippen LogP contribution is 2.69. The van der Waals surface area contributed by atoms with Gasteiger partial charge in [-0.2, -0.15) is 0 Å². The quantitative estimate of drug-likeness (QED) is 0.446. The molecule has 4 aliphatic carbocycles. The van der Waals surface area contributed by atoms with Crippen molar-refractivity contribution < 1.29 is 24.2 Å². The van der Waals surface area contributed by atoms with E-state index in [0.29, 0.717) is 6.42 Å². The number of ketones is 2. The van der Waals surface area contributed by atoms with Crippen molar-refractivity contribution >= 4 is 45.0 Å². The first-order chi connectivity index (χ1) is 19.2. The van der Waals surface area contributed by atoms with E-state index in [9.17, 15) is 14.7 Å². The van der Waals surface area contributed by atoms with Crippen LogP contribution in [0, 0.1) is 28.6 Å². The fourth-order valence-corrected chi connectivity index (χ4v) is 11.0. The zero-order valence-corrected chi connectivity index (χ0v) is 24.8. The Morgan fingerprint density at radius 3 is 2.98 bits per heavy atom. The third kappa shape index (κ3) is 3.73. The van der Waals surface area contributed by atoms with Gasteiger partial charge in [-0.3, -0.25) is 9.59 Å². The van der Waals surface area contributed by atoms with Crippen LogP contribution >= 0.6 is 23.1 Å². The number of hydrogen-bond donors (Lipinski definition) is 1. The highest BCUT2D eigenvalue weighted by Gasteiger charge is 2.75. The summed E-state index contributed by atoms with van der Waals surface area (Å²) in [5.74, 6) is 0.695. The Morgan fingerprint density at radius 2 is 2.17 bits per heavy atom. The summed E-state index contributed by atoms with van der Waals surface area (Å²) in [5, 5.41) is 11.9. The summed E-state index contributed by atoms with van der Waals surface area (Å²) < 4.78 is 14.1. The number of allylic oxidation sites excluding steroid dienone is 4. The van der Waals surface area contributed by atoms with E-state index < -0.39 is 23.4 Å². The number of nitrogens with zero attached hydrogens (tertiary/aromatic N) is 2. The van der Waals surface area contributed by atoms with E-state index in [1.165, 1.54) is 23.1 Å². The van der Waals surface area contributed by atoms with Crippen LogP contribution in [0.5, 0.6) is 0 Å². The molecule has 4 fully saturated rings. The first-order valence-electron chi connectivity index (χ1n) is 14.5. The van der Waals surface area contributed by atoms with Crippen LogP contribution < -0.4 is 0 Å². The lowest BCUT2D eigenvalue weighted by atomic mass is 9.46. The Balaban J connectivity index is 1.22. The molecule has 5 aliphatic rings. The Labute approximate surface area is 242 Å². The van der Waals surface area contributed by atoms with Crippen molar-refractivity contribution in [1.82, 2.24) is 9.97 Å². The molecule has 2 aromatic heterocycles. The van der Waals surface area contributed by atoms with Gasteiger partial charge in [-0.05, 0) is 68.2 Å². The number of thioether (sulfide) groups is 1. The fourth-order valence-electron chi connectivity index (χ4n) is 9.05. The molecule has 40 heavy (non-hydrogen) atoms. The maximum absolute atomic E-state index is 14.4. The summed E-state index contributed by atoms with van der Waals surface area (Å²) >= 11 is 2.95. The van der Waals surface area contributed by atoms with Crippen molar-refractivity contribution in [3.63, 3.8) is 0 Å². The van der Waals surface area contributed by atoms with Crippen LogP contribution in [0.2, 0.25) is 0 Å². The molecular weight excluding hydrogens is 544 g/mol. The molecule has 3 heterocycles. The number of carbonyl (C=O) groups excluding carboxylic acids is 2. The SMILES string of the molecule is CCCC1O[C@@H]2CC3C4CCC5=CC(=O)C=CC5(C)C4C(O)CC3(C)[C@]2(C(=O)CSc2nc3cccnc3s2)O1. The van der Waals surface area contributed by atoms with E-state index in [1.54, 1.807) is 18.3 Å². The standard InChI is InChI=1S/C31H36N2O5S2/c1-4-6-25-37-24-14-20-19-9-8-17-13-18(34)10-11-29(17,2)26(19)22(35)15-30(20,3)31(24,38-25)23(36)16-39-28-33-21-7-5-12-32-27(21)40-28/h5,7,10-13,19-20,22,24-26,35H,4,6,8-9,14-16H2,1-3H3/t19?,20?,22?,24-,25?,26?,29?,30?,31-/m1/s1. The minimum absolute atomic E-state index is 0.00281. The first kappa shape index (κ1) is 27.0. The highest BCUT2D eigenvalue weighted by atomic mass is 32.2. The number of fused-ring (bicyclic) bond motifs is 8. The van der Waals surface area contributed by atoms with E-state index in [0.717, 1.165) is 52.4 Å². The van der Waals surface area contributed by atoms with Gasteiger partial charge in [0.1, 0.15) is 10.3 Å². The Hall–Kier alpha value is -1.91. The summed E-state index contributed by atoms with van der Waals surface area (Å²) in [6.45, 7) is 6.45. The van der Waals surface area contributed by atoms with Gasteiger partial charge < -0.3 is 14.6 Å². The maximum atomic E-state index is 14.4. The molecule has 0 spiro atoms. The zero-order valence-electron chi connectivity index (χ0n) is 23.2. The number of Topliss-reactive ketones (excluding diaryl/α,β-unsaturated/α-hetero) is 1. The summed E-state index contributed by atoms with van der Waals surface area (Å²) in [6, 6.07) is 3.81. The van der Waals surface area contributed by atoms with Crippen LogP contribution in [0.1, 0.15) is 59.3 Å². The van der Waals surface area contributed by atoms with Gasteiger partial charge in [0.2, 0.25) is 0 Å². The van der Waals surface area contributed by atoms with Crippen LogP contribution in [-0.2, 0) is 19.1 Å². The second kappa shape index (κ2) is 9.56. The minimum Gasteiger partial charge on any atom is -0.393 e. The van der Waals surface area contributed by atoms with Crippen LogP contribution in [0.15, 0.2) is 46.5 Å². The van der Waals surface area contributed by atoms with Crippen LogP contribution in [0.3, 0.4) is 0 Å². The number of hydrogen-bond acceptors (Lipinski definition) is 9.